The Balaban J connectivity index is 0.000000604. The van der Waals surface area contributed by atoms with Crippen LogP contribution >= 0.6 is 11.3 Å². The Bertz CT molecular complexity index is 1150. The van der Waals surface area contributed by atoms with Gasteiger partial charge in [-0.05, 0) is 60.1 Å². The highest BCUT2D eigenvalue weighted by molar-refractivity contribution is 7.80. The number of rotatable bonds is 9. The van der Waals surface area contributed by atoms with Gasteiger partial charge < -0.3 is 14.4 Å². The van der Waals surface area contributed by atoms with Crippen LogP contribution in [-0.2, 0) is 28.2 Å². The first-order valence-electron chi connectivity index (χ1n) is 10.7. The fourth-order valence-electron chi connectivity index (χ4n) is 3.01. The Hall–Kier alpha value is -2.86. The van der Waals surface area contributed by atoms with Crippen LogP contribution in [0.2, 0.25) is 0 Å². The number of hydrogen-bond donors (Lipinski definition) is 0. The predicted octanol–water partition coefficient (Wildman–Crippen LogP) is 4.56. The van der Waals surface area contributed by atoms with Gasteiger partial charge >= 0.3 is 5.13 Å². The van der Waals surface area contributed by atoms with Gasteiger partial charge in [0.2, 0.25) is 10.4 Å². The molecule has 0 unspecified atom stereocenters. The van der Waals surface area contributed by atoms with Gasteiger partial charge in [-0.2, -0.15) is 0 Å². The molecule has 9 nitrogen and oxygen atoms in total. The second-order valence-electron chi connectivity index (χ2n) is 7.27. The highest BCUT2D eigenvalue weighted by Crippen LogP contribution is 2.29. The lowest BCUT2D eigenvalue weighted by Gasteiger charge is -2.19. The highest BCUT2D eigenvalue weighted by atomic mass is 32.3. The monoisotopic (exact) mass is 505 g/mol. The Kier molecular flexibility index (Phi) is 10.6. The van der Waals surface area contributed by atoms with Crippen LogP contribution in [0.3, 0.4) is 0 Å². The summed E-state index contributed by atoms with van der Waals surface area (Å²) < 4.78 is 33.1. The molecule has 1 aromatic heterocycles. The van der Waals surface area contributed by atoms with Gasteiger partial charge in [-0.1, -0.05) is 30.3 Å². The maximum Gasteiger partial charge on any atom is 0.410 e. The third-order valence-electron chi connectivity index (χ3n) is 4.88. The lowest BCUT2D eigenvalue weighted by Crippen LogP contribution is -2.26. The summed E-state index contributed by atoms with van der Waals surface area (Å²) >= 11 is 1.67. The molecule has 0 atom stereocenters. The molecule has 0 N–H and O–H groups in total. The van der Waals surface area contributed by atoms with Gasteiger partial charge in [-0.15, -0.1) is 0 Å². The van der Waals surface area contributed by atoms with Crippen LogP contribution in [0, 0.1) is 0 Å². The minimum absolute atomic E-state index is 0.808. The van der Waals surface area contributed by atoms with E-state index in [-0.39, 0.29) is 0 Å². The molecule has 1 heterocycles. The van der Waals surface area contributed by atoms with E-state index in [0.29, 0.717) is 0 Å². The summed E-state index contributed by atoms with van der Waals surface area (Å²) in [7, 11) is 0.510. The van der Waals surface area contributed by atoms with Gasteiger partial charge in [-0.25, -0.2) is 13.0 Å². The summed E-state index contributed by atoms with van der Waals surface area (Å²) in [6, 6.07) is 18.7. The largest absolute Gasteiger partial charge is 0.726 e. The minimum Gasteiger partial charge on any atom is -0.726 e. The molecule has 0 aliphatic carbocycles. The zero-order chi connectivity index (χ0) is 25.1. The molecule has 0 bridgehead atoms. The van der Waals surface area contributed by atoms with Crippen molar-refractivity contribution in [1.29, 1.82) is 0 Å². The van der Waals surface area contributed by atoms with Crippen LogP contribution in [0.25, 0.3) is 0 Å². The van der Waals surface area contributed by atoms with Crippen LogP contribution < -0.4 is 14.4 Å². The average molecular weight is 506 g/mol. The Morgan fingerprint density at radius 3 is 2.15 bits per heavy atom. The number of nitrogens with zero attached hydrogens (tertiary/aromatic N) is 5. The van der Waals surface area contributed by atoms with Crippen molar-refractivity contribution in [3.8, 4) is 0 Å². The number of aromatic nitrogens is 1. The van der Waals surface area contributed by atoms with E-state index >= 15 is 0 Å². The second kappa shape index (κ2) is 13.1. The SMILES string of the molecule is CCN(CC)c1c[n+](C)c(N=Nc2ccc(N(C)Cc3ccccc3)cc2)s1.COS(=O)(=O)[O-]. The normalized spacial score (nSPS) is 11.2. The van der Waals surface area contributed by atoms with E-state index in [2.05, 4.69) is 87.7 Å². The van der Waals surface area contributed by atoms with Gasteiger partial charge in [0.15, 0.2) is 0 Å². The molecule has 0 fully saturated rings. The fourth-order valence-corrected chi connectivity index (χ4v) is 4.07. The van der Waals surface area contributed by atoms with Crippen LogP contribution in [0.5, 0.6) is 0 Å². The van der Waals surface area contributed by atoms with E-state index in [1.54, 1.807) is 11.3 Å². The summed E-state index contributed by atoms with van der Waals surface area (Å²) in [6.07, 6.45) is 2.12. The summed E-state index contributed by atoms with van der Waals surface area (Å²) in [5.74, 6) is 0. The van der Waals surface area contributed by atoms with E-state index in [0.717, 1.165) is 43.3 Å². The van der Waals surface area contributed by atoms with E-state index < -0.39 is 10.4 Å². The first kappa shape index (κ1) is 27.4. The molecule has 0 amide bonds. The van der Waals surface area contributed by atoms with Crippen molar-refractivity contribution >= 4 is 43.2 Å². The van der Waals surface area contributed by atoms with E-state index in [1.807, 2.05) is 29.8 Å². The summed E-state index contributed by atoms with van der Waals surface area (Å²) in [4.78, 5) is 4.55. The lowest BCUT2D eigenvalue weighted by atomic mass is 10.2. The first-order chi connectivity index (χ1) is 16.2. The predicted molar refractivity (Wildman–Crippen MR) is 135 cm³/mol. The average Bonchev–Trinajstić information content (AvgIpc) is 3.19. The quantitative estimate of drug-likeness (QED) is 0.183. The molecule has 0 aliphatic heterocycles. The zero-order valence-corrected chi connectivity index (χ0v) is 21.7. The number of aryl methyl sites for hydroxylation is 1. The number of anilines is 2. The molecule has 34 heavy (non-hydrogen) atoms. The number of benzene rings is 2. The first-order valence-corrected chi connectivity index (χ1v) is 12.8. The summed E-state index contributed by atoms with van der Waals surface area (Å²) in [5.41, 5.74) is 3.31. The Labute approximate surface area is 205 Å². The zero-order valence-electron chi connectivity index (χ0n) is 20.1. The minimum atomic E-state index is -4.41. The van der Waals surface area contributed by atoms with Crippen molar-refractivity contribution in [2.45, 2.75) is 20.4 Å². The topological polar surface area (TPSA) is 102 Å². The van der Waals surface area contributed by atoms with Crippen LogP contribution in [-0.4, -0.2) is 40.2 Å². The maximum absolute atomic E-state index is 9.22. The highest BCUT2D eigenvalue weighted by Gasteiger charge is 2.16. The van der Waals surface area contributed by atoms with E-state index in [9.17, 15) is 13.0 Å². The molecule has 11 heteroatoms. The van der Waals surface area contributed by atoms with Crippen LogP contribution in [0.4, 0.5) is 21.5 Å². The molecule has 3 aromatic rings. The fraction of sp³-hybridized carbons (Fsp3) is 0.348. The second-order valence-corrected chi connectivity index (χ2v) is 9.41. The van der Waals surface area contributed by atoms with Crippen molar-refractivity contribution in [2.24, 2.45) is 17.3 Å². The van der Waals surface area contributed by atoms with Gasteiger partial charge in [0.1, 0.15) is 16.9 Å². The van der Waals surface area contributed by atoms with Crippen LogP contribution in [0.15, 0.2) is 71.0 Å². The molecule has 3 rings (SSSR count). The van der Waals surface area contributed by atoms with Crippen LogP contribution in [0.1, 0.15) is 19.4 Å². The molecule has 2 aromatic carbocycles. The van der Waals surface area contributed by atoms with Crippen molar-refractivity contribution < 1.29 is 21.7 Å². The lowest BCUT2D eigenvalue weighted by molar-refractivity contribution is -0.653. The maximum atomic E-state index is 9.22. The van der Waals surface area contributed by atoms with Crippen molar-refractivity contribution in [2.75, 3.05) is 37.0 Å². The Morgan fingerprint density at radius 1 is 1.03 bits per heavy atom. The van der Waals surface area contributed by atoms with Gasteiger partial charge in [0, 0.05) is 32.4 Å². The standard InChI is InChI=1S/C22H28N5S.CH4O4S/c1-5-27(6-2)21-17-26(4)22(28-21)24-23-19-12-14-20(15-13-19)25(3)16-18-10-8-7-9-11-18;1-5-6(2,3)4/h7-15,17H,5-6,16H2,1-4H3;1H3,(H,2,3,4)/q+1;/p-1. The molecule has 0 aliphatic rings. The van der Waals surface area contributed by atoms with Crippen molar-refractivity contribution in [3.05, 3.63) is 66.4 Å². The van der Waals surface area contributed by atoms with Crippen molar-refractivity contribution in [3.63, 3.8) is 0 Å². The van der Waals surface area contributed by atoms with E-state index in [1.165, 1.54) is 10.6 Å². The smallest absolute Gasteiger partial charge is 0.410 e. The molecule has 0 spiro atoms. The molecule has 0 saturated heterocycles. The number of thiazole rings is 1. The van der Waals surface area contributed by atoms with Gasteiger partial charge in [0.25, 0.3) is 0 Å². The molecule has 0 saturated carbocycles. The number of hydrogen-bond acceptors (Lipinski definition) is 9. The molecular weight excluding hydrogens is 474 g/mol. The summed E-state index contributed by atoms with van der Waals surface area (Å²) in [6.45, 7) is 7.19. The third kappa shape index (κ3) is 8.82. The Morgan fingerprint density at radius 2 is 1.62 bits per heavy atom. The van der Waals surface area contributed by atoms with Gasteiger partial charge in [0.05, 0.1) is 19.3 Å². The molecule has 184 valence electrons. The molecule has 0 radical (unpaired) electrons. The summed E-state index contributed by atoms with van der Waals surface area (Å²) in [5, 5.41) is 11.0. The van der Waals surface area contributed by atoms with E-state index in [4.69, 9.17) is 0 Å². The third-order valence-corrected chi connectivity index (χ3v) is 6.42. The molecular formula is C23H31N5O4S2. The number of azo groups is 1. The van der Waals surface area contributed by atoms with Crippen molar-refractivity contribution in [1.82, 2.24) is 0 Å². The van der Waals surface area contributed by atoms with Gasteiger partial charge in [-0.3, -0.25) is 4.18 Å².